The molecule has 0 aliphatic heterocycles. The van der Waals surface area contributed by atoms with E-state index in [1.54, 1.807) is 20.0 Å². The van der Waals surface area contributed by atoms with Gasteiger partial charge >= 0.3 is 5.97 Å². The van der Waals surface area contributed by atoms with Crippen molar-refractivity contribution in [2.75, 3.05) is 6.61 Å². The zero-order valence-electron chi connectivity index (χ0n) is 17.6. The number of aromatic nitrogens is 3. The Labute approximate surface area is 176 Å². The van der Waals surface area contributed by atoms with Gasteiger partial charge in [-0.25, -0.2) is 9.97 Å². The number of benzene rings is 1. The number of aromatic amines is 1. The van der Waals surface area contributed by atoms with Gasteiger partial charge in [-0.2, -0.15) is 0 Å². The van der Waals surface area contributed by atoms with Crippen molar-refractivity contribution in [2.45, 2.75) is 40.0 Å². The van der Waals surface area contributed by atoms with Gasteiger partial charge in [-0.15, -0.1) is 0 Å². The van der Waals surface area contributed by atoms with Crippen LogP contribution in [0.2, 0.25) is 0 Å². The number of H-pyrrole nitrogens is 1. The van der Waals surface area contributed by atoms with Crippen molar-refractivity contribution in [3.05, 3.63) is 54.0 Å². The number of aliphatic carboxylic acids is 1. The third-order valence-electron chi connectivity index (χ3n) is 5.55. The summed E-state index contributed by atoms with van der Waals surface area (Å²) in [7, 11) is 0. The number of aryl methyl sites for hydroxylation is 1. The quantitative estimate of drug-likeness (QED) is 0.557. The van der Waals surface area contributed by atoms with Crippen molar-refractivity contribution in [3.63, 3.8) is 0 Å². The van der Waals surface area contributed by atoms with Crippen molar-refractivity contribution in [2.24, 2.45) is 11.3 Å². The van der Waals surface area contributed by atoms with Crippen molar-refractivity contribution >= 4 is 5.97 Å². The van der Waals surface area contributed by atoms with Crippen molar-refractivity contribution in [1.29, 1.82) is 0 Å². The summed E-state index contributed by atoms with van der Waals surface area (Å²) in [6.45, 7) is 5.32. The molecule has 1 fully saturated rings. The molecule has 2 heterocycles. The number of hydrogen-bond donors (Lipinski definition) is 2. The van der Waals surface area contributed by atoms with Crippen LogP contribution in [0, 0.1) is 18.3 Å². The molecule has 0 unspecified atom stereocenters. The molecule has 2 N–H and O–H groups in total. The fourth-order valence-electron chi connectivity index (χ4n) is 3.28. The summed E-state index contributed by atoms with van der Waals surface area (Å²) >= 11 is 0. The molecule has 0 bridgehead atoms. The number of carboxylic acids is 1. The molecule has 6 heteroatoms. The van der Waals surface area contributed by atoms with Gasteiger partial charge in [-0.3, -0.25) is 4.79 Å². The van der Waals surface area contributed by atoms with E-state index in [4.69, 9.17) is 4.74 Å². The highest BCUT2D eigenvalue weighted by molar-refractivity contribution is 5.74. The van der Waals surface area contributed by atoms with E-state index in [1.165, 1.54) is 18.5 Å². The highest BCUT2D eigenvalue weighted by Crippen LogP contribution is 2.33. The second-order valence-electron chi connectivity index (χ2n) is 8.80. The monoisotopic (exact) mass is 405 g/mol. The first-order chi connectivity index (χ1) is 14.3. The Balaban J connectivity index is 1.46. The van der Waals surface area contributed by atoms with Crippen molar-refractivity contribution in [1.82, 2.24) is 15.0 Å². The fourth-order valence-corrected chi connectivity index (χ4v) is 3.28. The van der Waals surface area contributed by atoms with Gasteiger partial charge in [0.25, 0.3) is 0 Å². The topological polar surface area (TPSA) is 88.1 Å². The second kappa shape index (κ2) is 7.94. The lowest BCUT2D eigenvalue weighted by molar-refractivity contribution is -0.148. The summed E-state index contributed by atoms with van der Waals surface area (Å²) < 4.78 is 5.61. The van der Waals surface area contributed by atoms with Crippen molar-refractivity contribution < 1.29 is 14.6 Å². The normalized spacial score (nSPS) is 14.0. The third kappa shape index (κ3) is 4.53. The molecule has 0 atom stereocenters. The lowest BCUT2D eigenvalue weighted by atomic mass is 9.95. The first kappa shape index (κ1) is 20.1. The van der Waals surface area contributed by atoms with Crippen LogP contribution in [-0.4, -0.2) is 32.6 Å². The molecule has 30 heavy (non-hydrogen) atoms. The van der Waals surface area contributed by atoms with Crippen LogP contribution in [0.4, 0.5) is 0 Å². The summed E-state index contributed by atoms with van der Waals surface area (Å²) in [5, 5.41) is 9.21. The Morgan fingerprint density at radius 2 is 1.87 bits per heavy atom. The molecule has 1 saturated carbocycles. The summed E-state index contributed by atoms with van der Waals surface area (Å²) in [6, 6.07) is 10.1. The van der Waals surface area contributed by atoms with E-state index < -0.39 is 11.4 Å². The highest BCUT2D eigenvalue weighted by atomic mass is 16.5. The molecule has 0 amide bonds. The smallest absolute Gasteiger partial charge is 0.312 e. The third-order valence-corrected chi connectivity index (χ3v) is 5.55. The zero-order chi connectivity index (χ0) is 21.3. The van der Waals surface area contributed by atoms with Crippen molar-refractivity contribution in [3.8, 4) is 28.4 Å². The van der Waals surface area contributed by atoms with Gasteiger partial charge in [-0.1, -0.05) is 24.3 Å². The number of hydrogen-bond acceptors (Lipinski definition) is 4. The van der Waals surface area contributed by atoms with Gasteiger partial charge < -0.3 is 14.8 Å². The fraction of sp³-hybridized carbons (Fsp3) is 0.375. The SMILES string of the molecule is Cc1cc(OCC(C)(C)C(=O)O)ncc1-c1ccc(-c2ncc(CC3CC3)[nH]2)cc1. The molecule has 1 aromatic carbocycles. The molecule has 156 valence electrons. The molecule has 4 rings (SSSR count). The highest BCUT2D eigenvalue weighted by Gasteiger charge is 2.28. The summed E-state index contributed by atoms with van der Waals surface area (Å²) in [5.41, 5.74) is 4.39. The maximum atomic E-state index is 11.2. The van der Waals surface area contributed by atoms with Crippen LogP contribution in [0.15, 0.2) is 42.7 Å². The molecule has 2 aromatic heterocycles. The van der Waals surface area contributed by atoms with Gasteiger partial charge in [-0.05, 0) is 57.1 Å². The first-order valence-electron chi connectivity index (χ1n) is 10.3. The Hall–Kier alpha value is -3.15. The maximum Gasteiger partial charge on any atom is 0.312 e. The molecular formula is C24H27N3O3. The maximum absolute atomic E-state index is 11.2. The summed E-state index contributed by atoms with van der Waals surface area (Å²) in [4.78, 5) is 23.5. The van der Waals surface area contributed by atoms with Crippen LogP contribution in [0.1, 0.15) is 37.9 Å². The van der Waals surface area contributed by atoms with Crippen LogP contribution in [0.5, 0.6) is 5.88 Å². The number of ether oxygens (including phenoxy) is 1. The van der Waals surface area contributed by atoms with Gasteiger partial charge in [0.1, 0.15) is 12.4 Å². The van der Waals surface area contributed by atoms with E-state index in [-0.39, 0.29) is 6.61 Å². The molecule has 1 aliphatic rings. The minimum Gasteiger partial charge on any atom is -0.481 e. The molecule has 1 aliphatic carbocycles. The van der Waals surface area contributed by atoms with Crippen LogP contribution >= 0.6 is 0 Å². The van der Waals surface area contributed by atoms with E-state index in [1.807, 2.05) is 19.2 Å². The molecule has 0 spiro atoms. The number of rotatable bonds is 8. The van der Waals surface area contributed by atoms with Crippen LogP contribution in [-0.2, 0) is 11.2 Å². The van der Waals surface area contributed by atoms with Gasteiger partial charge in [0.15, 0.2) is 0 Å². The van der Waals surface area contributed by atoms with Gasteiger partial charge in [0, 0.05) is 35.3 Å². The minimum atomic E-state index is -0.964. The van der Waals surface area contributed by atoms with E-state index in [2.05, 4.69) is 39.2 Å². The minimum absolute atomic E-state index is 0.0642. The predicted molar refractivity (Wildman–Crippen MR) is 115 cm³/mol. The average Bonchev–Trinajstić information content (AvgIpc) is 3.41. The van der Waals surface area contributed by atoms with Gasteiger partial charge in [0.2, 0.25) is 5.88 Å². The Morgan fingerprint density at radius 3 is 2.50 bits per heavy atom. The van der Waals surface area contributed by atoms with E-state index in [9.17, 15) is 9.90 Å². The number of carboxylic acid groups (broad SMARTS) is 1. The van der Waals surface area contributed by atoms with E-state index in [0.717, 1.165) is 40.4 Å². The zero-order valence-corrected chi connectivity index (χ0v) is 17.6. The first-order valence-corrected chi connectivity index (χ1v) is 10.3. The van der Waals surface area contributed by atoms with Crippen LogP contribution in [0.3, 0.4) is 0 Å². The molecule has 6 nitrogen and oxygen atoms in total. The largest absolute Gasteiger partial charge is 0.481 e. The lowest BCUT2D eigenvalue weighted by Gasteiger charge is -2.19. The number of nitrogens with zero attached hydrogens (tertiary/aromatic N) is 2. The molecular weight excluding hydrogens is 378 g/mol. The van der Waals surface area contributed by atoms with Crippen LogP contribution < -0.4 is 4.74 Å². The lowest BCUT2D eigenvalue weighted by Crippen LogP contribution is -2.30. The number of pyridine rings is 1. The standard InChI is InChI=1S/C24H27N3O3/c1-15-10-21(30-14-24(2,3)23(28)29)25-13-20(15)17-6-8-18(9-7-17)22-26-12-19(27-22)11-16-4-5-16/h6-10,12-13,16H,4-5,11,14H2,1-3H3,(H,26,27)(H,28,29). The van der Waals surface area contributed by atoms with E-state index in [0.29, 0.717) is 5.88 Å². The summed E-state index contributed by atoms with van der Waals surface area (Å²) in [5.74, 6) is 1.27. The number of imidazole rings is 1. The number of carbonyl (C=O) groups is 1. The molecule has 0 radical (unpaired) electrons. The average molecular weight is 405 g/mol. The predicted octanol–water partition coefficient (Wildman–Crippen LogP) is 4.89. The van der Waals surface area contributed by atoms with Crippen LogP contribution in [0.25, 0.3) is 22.5 Å². The Kier molecular flexibility index (Phi) is 5.33. The number of nitrogens with one attached hydrogen (secondary N) is 1. The summed E-state index contributed by atoms with van der Waals surface area (Å²) in [6.07, 6.45) is 7.47. The molecule has 3 aromatic rings. The molecule has 0 saturated heterocycles. The Bertz CT molecular complexity index is 1050. The second-order valence-corrected chi connectivity index (χ2v) is 8.80. The van der Waals surface area contributed by atoms with Gasteiger partial charge in [0.05, 0.1) is 5.41 Å². The Morgan fingerprint density at radius 1 is 1.17 bits per heavy atom. The van der Waals surface area contributed by atoms with E-state index >= 15 is 0 Å².